The van der Waals surface area contributed by atoms with Crippen molar-refractivity contribution in [2.24, 2.45) is 5.92 Å². The summed E-state index contributed by atoms with van der Waals surface area (Å²) in [4.78, 5) is 11.6. The average Bonchev–Trinajstić information content (AvgIpc) is 3.09. The lowest BCUT2D eigenvalue weighted by Gasteiger charge is -2.34. The maximum absolute atomic E-state index is 11.6. The summed E-state index contributed by atoms with van der Waals surface area (Å²) in [7, 11) is 0. The second kappa shape index (κ2) is 5.17. The molecule has 16 heavy (non-hydrogen) atoms. The number of rotatable bonds is 5. The number of hydrogen-bond acceptors (Lipinski definition) is 2. The maximum atomic E-state index is 11.6. The highest BCUT2D eigenvalue weighted by molar-refractivity contribution is 5.78. The molecular weight excluding hydrogens is 200 g/mol. The fourth-order valence-electron chi connectivity index (χ4n) is 2.45. The van der Waals surface area contributed by atoms with Gasteiger partial charge in [0.25, 0.3) is 0 Å². The second-order valence-electron chi connectivity index (χ2n) is 5.72. The Kier molecular flexibility index (Phi) is 3.85. The lowest BCUT2D eigenvalue weighted by atomic mass is 9.83. The van der Waals surface area contributed by atoms with Gasteiger partial charge >= 0.3 is 0 Å². The summed E-state index contributed by atoms with van der Waals surface area (Å²) in [5, 5.41) is 6.43. The predicted molar refractivity (Wildman–Crippen MR) is 65.2 cm³/mol. The van der Waals surface area contributed by atoms with Crippen molar-refractivity contribution >= 4 is 5.91 Å². The van der Waals surface area contributed by atoms with Gasteiger partial charge in [0.2, 0.25) is 5.91 Å². The standard InChI is InChI=1S/C13H24N2O/c1-13(7-3-2-4-8-13)15-10-12(16)14-9-11-5-6-11/h11,15H,2-10H2,1H3,(H,14,16). The van der Waals surface area contributed by atoms with Crippen molar-refractivity contribution in [1.29, 1.82) is 0 Å². The van der Waals surface area contributed by atoms with Crippen LogP contribution in [0.25, 0.3) is 0 Å². The van der Waals surface area contributed by atoms with E-state index in [0.717, 1.165) is 12.5 Å². The van der Waals surface area contributed by atoms with E-state index in [9.17, 15) is 4.79 Å². The molecule has 2 aliphatic carbocycles. The number of nitrogens with one attached hydrogen (secondary N) is 2. The van der Waals surface area contributed by atoms with Crippen molar-refractivity contribution in [2.75, 3.05) is 13.1 Å². The third kappa shape index (κ3) is 3.78. The smallest absolute Gasteiger partial charge is 0.233 e. The lowest BCUT2D eigenvalue weighted by molar-refractivity contribution is -0.120. The topological polar surface area (TPSA) is 41.1 Å². The molecule has 92 valence electrons. The van der Waals surface area contributed by atoms with Gasteiger partial charge in [-0.2, -0.15) is 0 Å². The van der Waals surface area contributed by atoms with Crippen molar-refractivity contribution in [3.63, 3.8) is 0 Å². The first kappa shape index (κ1) is 11.9. The van der Waals surface area contributed by atoms with E-state index in [4.69, 9.17) is 0 Å². The summed E-state index contributed by atoms with van der Waals surface area (Å²) in [6.45, 7) is 3.63. The van der Waals surface area contributed by atoms with E-state index in [-0.39, 0.29) is 11.4 Å². The highest BCUT2D eigenvalue weighted by Crippen LogP contribution is 2.28. The molecule has 0 bridgehead atoms. The molecule has 2 aliphatic rings. The van der Waals surface area contributed by atoms with E-state index in [1.165, 1.54) is 44.9 Å². The molecule has 2 saturated carbocycles. The first-order valence-corrected chi connectivity index (χ1v) is 6.70. The van der Waals surface area contributed by atoms with Crippen molar-refractivity contribution in [1.82, 2.24) is 10.6 Å². The second-order valence-corrected chi connectivity index (χ2v) is 5.72. The summed E-state index contributed by atoms with van der Waals surface area (Å²) >= 11 is 0. The predicted octanol–water partition coefficient (Wildman–Crippen LogP) is 1.82. The van der Waals surface area contributed by atoms with Crippen LogP contribution >= 0.6 is 0 Å². The van der Waals surface area contributed by atoms with Gasteiger partial charge in [0.05, 0.1) is 6.54 Å². The van der Waals surface area contributed by atoms with Crippen LogP contribution < -0.4 is 10.6 Å². The van der Waals surface area contributed by atoms with Gasteiger partial charge in [-0.25, -0.2) is 0 Å². The van der Waals surface area contributed by atoms with Crippen LogP contribution in [0.4, 0.5) is 0 Å². The number of amides is 1. The number of carbonyl (C=O) groups is 1. The summed E-state index contributed by atoms with van der Waals surface area (Å²) in [6, 6.07) is 0. The molecule has 2 fully saturated rings. The fourth-order valence-corrected chi connectivity index (χ4v) is 2.45. The van der Waals surface area contributed by atoms with Gasteiger partial charge in [-0.15, -0.1) is 0 Å². The molecule has 0 unspecified atom stereocenters. The Morgan fingerprint density at radius 3 is 2.56 bits per heavy atom. The highest BCUT2D eigenvalue weighted by Gasteiger charge is 2.27. The van der Waals surface area contributed by atoms with Crippen LogP contribution in [-0.2, 0) is 4.79 Å². The van der Waals surface area contributed by atoms with Crippen LogP contribution in [0.15, 0.2) is 0 Å². The summed E-state index contributed by atoms with van der Waals surface area (Å²) in [5.74, 6) is 0.938. The average molecular weight is 224 g/mol. The van der Waals surface area contributed by atoms with Gasteiger partial charge in [-0.05, 0) is 38.5 Å². The molecule has 0 saturated heterocycles. The van der Waals surface area contributed by atoms with Gasteiger partial charge in [-0.3, -0.25) is 4.79 Å². The Hall–Kier alpha value is -0.570. The normalized spacial score (nSPS) is 24.1. The number of hydrogen-bond donors (Lipinski definition) is 2. The Bertz CT molecular complexity index is 242. The quantitative estimate of drug-likeness (QED) is 0.748. The SMILES string of the molecule is CC1(NCC(=O)NCC2CC2)CCCCC1. The monoisotopic (exact) mass is 224 g/mol. The Morgan fingerprint density at radius 2 is 1.94 bits per heavy atom. The minimum atomic E-state index is 0.165. The third-order valence-electron chi connectivity index (χ3n) is 3.92. The van der Waals surface area contributed by atoms with Gasteiger partial charge < -0.3 is 10.6 Å². The molecule has 1 amide bonds. The molecule has 3 heteroatoms. The number of carbonyl (C=O) groups excluding carboxylic acids is 1. The van der Waals surface area contributed by atoms with Crippen LogP contribution in [0.2, 0.25) is 0 Å². The fraction of sp³-hybridized carbons (Fsp3) is 0.923. The largest absolute Gasteiger partial charge is 0.355 e. The molecule has 0 aromatic heterocycles. The minimum absolute atomic E-state index is 0.165. The van der Waals surface area contributed by atoms with Crippen molar-refractivity contribution in [3.8, 4) is 0 Å². The lowest BCUT2D eigenvalue weighted by Crippen LogP contribution is -2.48. The zero-order valence-corrected chi connectivity index (χ0v) is 10.3. The van der Waals surface area contributed by atoms with Crippen LogP contribution in [0, 0.1) is 5.92 Å². The van der Waals surface area contributed by atoms with Gasteiger partial charge in [-0.1, -0.05) is 19.3 Å². The van der Waals surface area contributed by atoms with Gasteiger partial charge in [0.15, 0.2) is 0 Å². The Balaban J connectivity index is 1.62. The van der Waals surface area contributed by atoms with E-state index in [1.807, 2.05) is 0 Å². The zero-order chi connectivity index (χ0) is 11.4. The molecule has 0 aliphatic heterocycles. The Morgan fingerprint density at radius 1 is 1.25 bits per heavy atom. The molecule has 0 aromatic carbocycles. The third-order valence-corrected chi connectivity index (χ3v) is 3.92. The van der Waals surface area contributed by atoms with Crippen molar-refractivity contribution < 1.29 is 4.79 Å². The highest BCUT2D eigenvalue weighted by atomic mass is 16.1. The summed E-state index contributed by atoms with van der Waals surface area (Å²) < 4.78 is 0. The molecule has 0 atom stereocenters. The van der Waals surface area contributed by atoms with Crippen molar-refractivity contribution in [3.05, 3.63) is 0 Å². The van der Waals surface area contributed by atoms with Gasteiger partial charge in [0.1, 0.15) is 0 Å². The molecule has 0 aromatic rings. The first-order valence-electron chi connectivity index (χ1n) is 6.70. The van der Waals surface area contributed by atoms with E-state index in [1.54, 1.807) is 0 Å². The van der Waals surface area contributed by atoms with E-state index < -0.39 is 0 Å². The molecular formula is C13H24N2O. The first-order chi connectivity index (χ1) is 7.68. The maximum Gasteiger partial charge on any atom is 0.233 e. The summed E-state index contributed by atoms with van der Waals surface area (Å²) in [6.07, 6.45) is 8.97. The summed E-state index contributed by atoms with van der Waals surface area (Å²) in [5.41, 5.74) is 0.204. The molecule has 0 spiro atoms. The van der Waals surface area contributed by atoms with Crippen LogP contribution in [0.1, 0.15) is 51.9 Å². The molecule has 2 N–H and O–H groups in total. The molecule has 0 heterocycles. The zero-order valence-electron chi connectivity index (χ0n) is 10.3. The Labute approximate surface area is 98.4 Å². The van der Waals surface area contributed by atoms with Crippen LogP contribution in [0.3, 0.4) is 0 Å². The van der Waals surface area contributed by atoms with E-state index in [0.29, 0.717) is 6.54 Å². The van der Waals surface area contributed by atoms with E-state index >= 15 is 0 Å². The van der Waals surface area contributed by atoms with Crippen LogP contribution in [-0.4, -0.2) is 24.5 Å². The molecule has 2 rings (SSSR count). The van der Waals surface area contributed by atoms with Crippen LogP contribution in [0.5, 0.6) is 0 Å². The van der Waals surface area contributed by atoms with Crippen molar-refractivity contribution in [2.45, 2.75) is 57.4 Å². The molecule has 3 nitrogen and oxygen atoms in total. The molecule has 0 radical (unpaired) electrons. The van der Waals surface area contributed by atoms with E-state index in [2.05, 4.69) is 17.6 Å². The minimum Gasteiger partial charge on any atom is -0.355 e. The van der Waals surface area contributed by atoms with Gasteiger partial charge in [0, 0.05) is 12.1 Å².